The minimum Gasteiger partial charge on any atom is -0.459 e. The van der Waals surface area contributed by atoms with E-state index in [-0.39, 0.29) is 52.9 Å². The van der Waals surface area contributed by atoms with E-state index in [1.54, 1.807) is 12.1 Å². The molecule has 4 aliphatic carbocycles. The summed E-state index contributed by atoms with van der Waals surface area (Å²) in [4.78, 5) is 25.6. The molecule has 10 atom stereocenters. The Kier molecular flexibility index (Phi) is 7.31. The van der Waals surface area contributed by atoms with Gasteiger partial charge >= 0.3 is 11.9 Å². The van der Waals surface area contributed by atoms with Crippen LogP contribution in [-0.4, -0.2) is 35.4 Å². The topological polar surface area (TPSA) is 72.8 Å². The van der Waals surface area contributed by atoms with Crippen LogP contribution in [0.15, 0.2) is 60.7 Å². The van der Waals surface area contributed by atoms with Crippen LogP contribution in [0, 0.1) is 40.4 Å². The second kappa shape index (κ2) is 10.6. The summed E-state index contributed by atoms with van der Waals surface area (Å²) in [6.07, 6.45) is 7.33. The van der Waals surface area contributed by atoms with Crippen molar-refractivity contribution in [3.63, 3.8) is 0 Å². The van der Waals surface area contributed by atoms with Crippen LogP contribution >= 0.6 is 0 Å². The number of esters is 2. The number of carbonyl (C=O) groups is 2. The molecule has 4 aliphatic rings. The molecule has 1 N–H and O–H groups in total. The Balaban J connectivity index is 1.14. The van der Waals surface area contributed by atoms with Crippen LogP contribution in [-0.2, 0) is 9.47 Å². The first-order chi connectivity index (χ1) is 19.2. The molecule has 0 radical (unpaired) electrons. The fourth-order valence-electron chi connectivity index (χ4n) is 9.95. The van der Waals surface area contributed by atoms with Gasteiger partial charge in [0.1, 0.15) is 12.2 Å². The van der Waals surface area contributed by atoms with Gasteiger partial charge in [-0.2, -0.15) is 0 Å². The largest absolute Gasteiger partial charge is 0.459 e. The van der Waals surface area contributed by atoms with Crippen LogP contribution < -0.4 is 0 Å². The van der Waals surface area contributed by atoms with E-state index >= 15 is 0 Å². The number of aliphatic hydroxyl groups is 1. The first kappa shape index (κ1) is 27.5. The molecule has 214 valence electrons. The molecule has 0 spiro atoms. The molecule has 6 rings (SSSR count). The Morgan fingerprint density at radius 2 is 1.50 bits per heavy atom. The van der Waals surface area contributed by atoms with Gasteiger partial charge in [-0.25, -0.2) is 9.59 Å². The van der Waals surface area contributed by atoms with E-state index in [1.165, 1.54) is 0 Å². The summed E-state index contributed by atoms with van der Waals surface area (Å²) in [6, 6.07) is 18.5. The van der Waals surface area contributed by atoms with Gasteiger partial charge in [0.2, 0.25) is 0 Å². The molecule has 4 fully saturated rings. The lowest BCUT2D eigenvalue weighted by atomic mass is 9.43. The van der Waals surface area contributed by atoms with Crippen molar-refractivity contribution >= 4 is 11.9 Å². The van der Waals surface area contributed by atoms with Crippen molar-refractivity contribution in [1.82, 2.24) is 0 Å². The molecule has 0 bridgehead atoms. The number of hydrogen-bond acceptors (Lipinski definition) is 5. The second-order valence-electron chi connectivity index (χ2n) is 13.7. The zero-order valence-electron chi connectivity index (χ0n) is 24.1. The van der Waals surface area contributed by atoms with Crippen LogP contribution in [0.4, 0.5) is 0 Å². The van der Waals surface area contributed by atoms with Crippen molar-refractivity contribution in [3.8, 4) is 0 Å². The molecule has 5 nitrogen and oxygen atoms in total. The van der Waals surface area contributed by atoms with E-state index < -0.39 is 0 Å². The standard InChI is InChI=1S/C35H44O5/c1-22(39-32(37)23-10-6-4-7-11-23)28-16-17-29-27-15-14-25-20-26(40-33(38)24-12-8-5-9-13-24)18-19-34(25,2)31(27)30(36)21-35(28,29)3/h4-13,22,25-31,36H,14-21H2,1-3H3/t22-,25+,26+,27-,28-,29+,30-,31-,34-,35-/m0/s1. The van der Waals surface area contributed by atoms with Gasteiger partial charge in [0.05, 0.1) is 17.2 Å². The lowest BCUT2D eigenvalue weighted by Gasteiger charge is -2.62. The van der Waals surface area contributed by atoms with Crippen molar-refractivity contribution in [2.75, 3.05) is 0 Å². The monoisotopic (exact) mass is 544 g/mol. The van der Waals surface area contributed by atoms with Crippen LogP contribution in [0.1, 0.15) is 92.9 Å². The van der Waals surface area contributed by atoms with Gasteiger partial charge in [-0.05, 0) is 117 Å². The lowest BCUT2D eigenvalue weighted by molar-refractivity contribution is -0.182. The highest BCUT2D eigenvalue weighted by atomic mass is 16.5. The van der Waals surface area contributed by atoms with Crippen LogP contribution in [0.3, 0.4) is 0 Å². The van der Waals surface area contributed by atoms with Gasteiger partial charge in [-0.1, -0.05) is 50.2 Å². The number of aliphatic hydroxyl groups excluding tert-OH is 1. The molecule has 0 aromatic heterocycles. The molecule has 0 unspecified atom stereocenters. The molecule has 0 heterocycles. The number of rotatable bonds is 5. The quantitative estimate of drug-likeness (QED) is 0.407. The highest BCUT2D eigenvalue weighted by Gasteiger charge is 2.64. The second-order valence-corrected chi connectivity index (χ2v) is 13.7. The van der Waals surface area contributed by atoms with E-state index in [1.807, 2.05) is 55.5 Å². The first-order valence-electron chi connectivity index (χ1n) is 15.4. The Hall–Kier alpha value is -2.66. The highest BCUT2D eigenvalue weighted by molar-refractivity contribution is 5.89. The number of ether oxygens (including phenoxy) is 2. The molecule has 0 aliphatic heterocycles. The third-order valence-electron chi connectivity index (χ3n) is 11.8. The van der Waals surface area contributed by atoms with Crippen molar-refractivity contribution in [2.24, 2.45) is 40.4 Å². The maximum Gasteiger partial charge on any atom is 0.338 e. The Morgan fingerprint density at radius 1 is 0.850 bits per heavy atom. The van der Waals surface area contributed by atoms with Crippen molar-refractivity contribution in [3.05, 3.63) is 71.8 Å². The summed E-state index contributed by atoms with van der Waals surface area (Å²) >= 11 is 0. The number of carbonyl (C=O) groups excluding carboxylic acids is 2. The third-order valence-corrected chi connectivity index (χ3v) is 11.8. The molecule has 40 heavy (non-hydrogen) atoms. The number of hydrogen-bond donors (Lipinski definition) is 1. The van der Waals surface area contributed by atoms with Crippen molar-refractivity contribution < 1.29 is 24.2 Å². The molecule has 5 heteroatoms. The molecule has 0 amide bonds. The Labute approximate surface area is 238 Å². The van der Waals surface area contributed by atoms with Crippen molar-refractivity contribution in [2.45, 2.75) is 90.4 Å². The fraction of sp³-hybridized carbons (Fsp3) is 0.600. The number of benzene rings is 2. The fourth-order valence-corrected chi connectivity index (χ4v) is 9.95. The lowest BCUT2D eigenvalue weighted by Crippen LogP contribution is -2.59. The van der Waals surface area contributed by atoms with Gasteiger partial charge in [0.25, 0.3) is 0 Å². The van der Waals surface area contributed by atoms with Crippen molar-refractivity contribution in [1.29, 1.82) is 0 Å². The minimum atomic E-state index is -0.361. The van der Waals surface area contributed by atoms with Gasteiger partial charge < -0.3 is 14.6 Å². The summed E-state index contributed by atoms with van der Waals surface area (Å²) < 4.78 is 12.0. The summed E-state index contributed by atoms with van der Waals surface area (Å²) in [5, 5.41) is 11.8. The van der Waals surface area contributed by atoms with Gasteiger partial charge in [0.15, 0.2) is 0 Å². The summed E-state index contributed by atoms with van der Waals surface area (Å²) in [7, 11) is 0. The summed E-state index contributed by atoms with van der Waals surface area (Å²) in [5.74, 6) is 1.52. The van der Waals surface area contributed by atoms with Crippen LogP contribution in [0.25, 0.3) is 0 Å². The van der Waals surface area contributed by atoms with Crippen LogP contribution in [0.5, 0.6) is 0 Å². The summed E-state index contributed by atoms with van der Waals surface area (Å²) in [5.41, 5.74) is 1.22. The first-order valence-corrected chi connectivity index (χ1v) is 15.4. The zero-order valence-corrected chi connectivity index (χ0v) is 24.1. The zero-order chi connectivity index (χ0) is 28.1. The molecular formula is C35H44O5. The van der Waals surface area contributed by atoms with Gasteiger partial charge in [0, 0.05) is 5.92 Å². The highest BCUT2D eigenvalue weighted by Crippen LogP contribution is 2.68. The van der Waals surface area contributed by atoms with E-state index in [0.717, 1.165) is 51.4 Å². The molecule has 2 aromatic carbocycles. The Morgan fingerprint density at radius 3 is 2.17 bits per heavy atom. The normalized spacial score (nSPS) is 39.2. The van der Waals surface area contributed by atoms with Crippen LogP contribution in [0.2, 0.25) is 0 Å². The minimum absolute atomic E-state index is 0.0391. The molecule has 4 saturated carbocycles. The SMILES string of the molecule is C[C@H](OC(=O)c1ccccc1)[C@@H]1CC[C@@H]2[C@@H]3CC[C@@H]4C[C@H](OC(=O)c5ccccc5)CC[C@]4(C)[C@@H]3[C@@H](O)C[C@]21C. The maximum atomic E-state index is 12.8. The predicted octanol–water partition coefficient (Wildman–Crippen LogP) is 7.09. The van der Waals surface area contributed by atoms with Gasteiger partial charge in [-0.15, -0.1) is 0 Å². The van der Waals surface area contributed by atoms with E-state index in [9.17, 15) is 14.7 Å². The molecule has 2 aromatic rings. The average molecular weight is 545 g/mol. The number of fused-ring (bicyclic) bond motifs is 5. The predicted molar refractivity (Wildman–Crippen MR) is 154 cm³/mol. The molecular weight excluding hydrogens is 500 g/mol. The van der Waals surface area contributed by atoms with E-state index in [4.69, 9.17) is 9.47 Å². The average Bonchev–Trinajstić information content (AvgIpc) is 3.30. The maximum absolute atomic E-state index is 12.8. The van der Waals surface area contributed by atoms with E-state index in [0.29, 0.717) is 28.9 Å². The molecule has 0 saturated heterocycles. The summed E-state index contributed by atoms with van der Waals surface area (Å²) in [6.45, 7) is 6.82. The van der Waals surface area contributed by atoms with Gasteiger partial charge in [-0.3, -0.25) is 0 Å². The smallest absolute Gasteiger partial charge is 0.338 e. The Bertz CT molecular complexity index is 1210. The third kappa shape index (κ3) is 4.68. The van der Waals surface area contributed by atoms with E-state index in [2.05, 4.69) is 13.8 Å².